The number of fused-ring (bicyclic) bond motifs is 2. The van der Waals surface area contributed by atoms with E-state index < -0.39 is 6.36 Å². The van der Waals surface area contributed by atoms with Crippen LogP contribution in [0.5, 0.6) is 5.75 Å². The van der Waals surface area contributed by atoms with Gasteiger partial charge in [0.1, 0.15) is 22.6 Å². The molecule has 5 aromatic rings. The summed E-state index contributed by atoms with van der Waals surface area (Å²) in [4.78, 5) is 21.9. The van der Waals surface area contributed by atoms with Gasteiger partial charge >= 0.3 is 6.36 Å². The highest BCUT2D eigenvalue weighted by Crippen LogP contribution is 2.29. The molecule has 0 saturated carbocycles. The molecule has 0 aliphatic carbocycles. The molecule has 0 atom stereocenters. The maximum absolute atomic E-state index is 13.0. The molecule has 0 aliphatic rings. The Bertz CT molecular complexity index is 1580. The van der Waals surface area contributed by atoms with Gasteiger partial charge in [0.25, 0.3) is 5.91 Å². The van der Waals surface area contributed by atoms with Crippen LogP contribution in [0.1, 0.15) is 29.0 Å². The standard InChI is InChI=1S/C25H18ClF3N4O3/c1-2-18-23(33-10-9-16(26)12-21(33)31-18)24(34)30-13-22-32-19-11-15(5-8-20(19)35-22)14-3-6-17(7-4-14)36-25(27,28)29/h3-12H,2,13H2,1H3,(H,30,34). The van der Waals surface area contributed by atoms with Crippen molar-refractivity contribution in [1.29, 1.82) is 0 Å². The first-order valence-electron chi connectivity index (χ1n) is 10.9. The summed E-state index contributed by atoms with van der Waals surface area (Å²) in [7, 11) is 0. The minimum Gasteiger partial charge on any atom is -0.439 e. The first-order chi connectivity index (χ1) is 17.2. The number of hydrogen-bond acceptors (Lipinski definition) is 5. The van der Waals surface area contributed by atoms with Crippen LogP contribution in [0.25, 0.3) is 27.9 Å². The summed E-state index contributed by atoms with van der Waals surface area (Å²) >= 11 is 6.04. The predicted octanol–water partition coefficient (Wildman–Crippen LogP) is 6.19. The summed E-state index contributed by atoms with van der Waals surface area (Å²) in [5, 5.41) is 3.35. The Balaban J connectivity index is 1.33. The van der Waals surface area contributed by atoms with Crippen molar-refractivity contribution in [3.63, 3.8) is 0 Å². The van der Waals surface area contributed by atoms with Gasteiger partial charge in [-0.2, -0.15) is 0 Å². The Morgan fingerprint density at radius 2 is 1.83 bits per heavy atom. The van der Waals surface area contributed by atoms with E-state index in [1.807, 2.05) is 6.92 Å². The smallest absolute Gasteiger partial charge is 0.439 e. The van der Waals surface area contributed by atoms with Crippen LogP contribution in [0.4, 0.5) is 13.2 Å². The maximum atomic E-state index is 13.0. The lowest BCUT2D eigenvalue weighted by Gasteiger charge is -2.09. The number of nitrogens with zero attached hydrogens (tertiary/aromatic N) is 3. The monoisotopic (exact) mass is 514 g/mol. The lowest BCUT2D eigenvalue weighted by molar-refractivity contribution is -0.274. The van der Waals surface area contributed by atoms with Crippen molar-refractivity contribution in [3.8, 4) is 16.9 Å². The Morgan fingerprint density at radius 3 is 2.56 bits per heavy atom. The van der Waals surface area contributed by atoms with E-state index >= 15 is 0 Å². The van der Waals surface area contributed by atoms with Crippen molar-refractivity contribution in [2.24, 2.45) is 0 Å². The average Bonchev–Trinajstić information content (AvgIpc) is 3.41. The third-order valence-corrected chi connectivity index (χ3v) is 5.70. The molecule has 11 heteroatoms. The molecule has 184 valence electrons. The molecule has 5 rings (SSSR count). The van der Waals surface area contributed by atoms with Gasteiger partial charge in [0.15, 0.2) is 5.58 Å². The number of aryl methyl sites for hydroxylation is 1. The first-order valence-corrected chi connectivity index (χ1v) is 11.3. The fourth-order valence-electron chi connectivity index (χ4n) is 3.87. The number of halogens is 4. The lowest BCUT2D eigenvalue weighted by atomic mass is 10.1. The van der Waals surface area contributed by atoms with Gasteiger partial charge in [0.05, 0.1) is 12.2 Å². The van der Waals surface area contributed by atoms with E-state index in [4.69, 9.17) is 16.0 Å². The number of hydrogen-bond donors (Lipinski definition) is 1. The van der Waals surface area contributed by atoms with Gasteiger partial charge < -0.3 is 14.5 Å². The summed E-state index contributed by atoms with van der Waals surface area (Å²) in [5.74, 6) is -0.322. The molecule has 1 N–H and O–H groups in total. The van der Waals surface area contributed by atoms with Crippen LogP contribution >= 0.6 is 11.6 Å². The molecule has 3 aromatic heterocycles. The highest BCUT2D eigenvalue weighted by molar-refractivity contribution is 6.30. The highest BCUT2D eigenvalue weighted by atomic mass is 35.5. The number of carbonyl (C=O) groups is 1. The molecule has 0 unspecified atom stereocenters. The van der Waals surface area contributed by atoms with E-state index in [2.05, 4.69) is 20.0 Å². The Morgan fingerprint density at radius 1 is 1.08 bits per heavy atom. The normalized spacial score (nSPS) is 11.8. The van der Waals surface area contributed by atoms with E-state index in [-0.39, 0.29) is 18.2 Å². The summed E-state index contributed by atoms with van der Waals surface area (Å²) in [5.41, 5.74) is 4.12. The number of alkyl halides is 3. The molecule has 36 heavy (non-hydrogen) atoms. The second kappa shape index (κ2) is 9.19. The number of pyridine rings is 1. The van der Waals surface area contributed by atoms with Crippen LogP contribution in [0.3, 0.4) is 0 Å². The number of benzene rings is 2. The van der Waals surface area contributed by atoms with E-state index in [0.29, 0.717) is 51.0 Å². The van der Waals surface area contributed by atoms with Crippen molar-refractivity contribution in [2.75, 3.05) is 0 Å². The van der Waals surface area contributed by atoms with Crippen LogP contribution in [0.2, 0.25) is 5.02 Å². The van der Waals surface area contributed by atoms with Crippen LogP contribution in [-0.4, -0.2) is 26.6 Å². The second-order valence-corrected chi connectivity index (χ2v) is 8.32. The minimum absolute atomic E-state index is 0.0519. The van der Waals surface area contributed by atoms with Gasteiger partial charge in [0.2, 0.25) is 5.89 Å². The first kappa shape index (κ1) is 23.7. The van der Waals surface area contributed by atoms with E-state index in [1.54, 1.807) is 40.9 Å². The van der Waals surface area contributed by atoms with Gasteiger partial charge in [-0.1, -0.05) is 36.7 Å². The molecule has 0 spiro atoms. The number of carbonyl (C=O) groups excluding carboxylic acids is 1. The minimum atomic E-state index is -4.75. The van der Waals surface area contributed by atoms with Crippen LogP contribution in [0, 0.1) is 0 Å². The molecule has 7 nitrogen and oxygen atoms in total. The molecular weight excluding hydrogens is 497 g/mol. The van der Waals surface area contributed by atoms with Crippen LogP contribution in [-0.2, 0) is 13.0 Å². The summed E-state index contributed by atoms with van der Waals surface area (Å²) in [6, 6.07) is 14.2. The van der Waals surface area contributed by atoms with Gasteiger partial charge in [-0.15, -0.1) is 13.2 Å². The van der Waals surface area contributed by atoms with Crippen LogP contribution < -0.4 is 10.1 Å². The molecule has 1 amide bonds. The van der Waals surface area contributed by atoms with E-state index in [1.165, 1.54) is 24.3 Å². The van der Waals surface area contributed by atoms with E-state index in [9.17, 15) is 18.0 Å². The van der Waals surface area contributed by atoms with Crippen molar-refractivity contribution >= 4 is 34.3 Å². The van der Waals surface area contributed by atoms with Gasteiger partial charge in [0, 0.05) is 17.3 Å². The zero-order valence-corrected chi connectivity index (χ0v) is 19.5. The lowest BCUT2D eigenvalue weighted by Crippen LogP contribution is -2.25. The number of aromatic nitrogens is 3. The van der Waals surface area contributed by atoms with Gasteiger partial charge in [-0.3, -0.25) is 9.20 Å². The maximum Gasteiger partial charge on any atom is 0.573 e. The number of ether oxygens (including phenoxy) is 1. The topological polar surface area (TPSA) is 81.7 Å². The number of imidazole rings is 1. The molecular formula is C25H18ClF3N4O3. The fraction of sp³-hybridized carbons (Fsp3) is 0.160. The molecule has 2 aromatic carbocycles. The summed E-state index contributed by atoms with van der Waals surface area (Å²) in [6.07, 6.45) is -2.48. The molecule has 0 fully saturated rings. The third-order valence-electron chi connectivity index (χ3n) is 5.46. The largest absolute Gasteiger partial charge is 0.573 e. The Labute approximate surface area is 207 Å². The highest BCUT2D eigenvalue weighted by Gasteiger charge is 2.31. The van der Waals surface area contributed by atoms with Crippen molar-refractivity contribution in [2.45, 2.75) is 26.3 Å². The van der Waals surface area contributed by atoms with E-state index in [0.717, 1.165) is 5.56 Å². The second-order valence-electron chi connectivity index (χ2n) is 7.88. The average molecular weight is 515 g/mol. The molecule has 0 aliphatic heterocycles. The van der Waals surface area contributed by atoms with Gasteiger partial charge in [-0.05, 0) is 47.9 Å². The molecule has 0 saturated heterocycles. The number of nitrogens with one attached hydrogen (secondary N) is 1. The summed E-state index contributed by atoms with van der Waals surface area (Å²) < 4.78 is 48.5. The third kappa shape index (κ3) is 4.85. The molecule has 0 radical (unpaired) electrons. The summed E-state index contributed by atoms with van der Waals surface area (Å²) in [6.45, 7) is 1.96. The Kier molecular flexibility index (Phi) is 6.05. The Hall–Kier alpha value is -4.05. The SMILES string of the molecule is CCc1nc2cc(Cl)ccn2c1C(=O)NCc1nc2cc(-c3ccc(OC(F)(F)F)cc3)ccc2o1. The van der Waals surface area contributed by atoms with Crippen molar-refractivity contribution in [3.05, 3.63) is 83.1 Å². The zero-order valence-electron chi connectivity index (χ0n) is 18.8. The number of oxazole rings is 1. The van der Waals surface area contributed by atoms with Crippen molar-refractivity contribution < 1.29 is 27.1 Å². The predicted molar refractivity (Wildman–Crippen MR) is 127 cm³/mol. The number of rotatable bonds is 6. The zero-order chi connectivity index (χ0) is 25.4. The van der Waals surface area contributed by atoms with Gasteiger partial charge in [-0.25, -0.2) is 9.97 Å². The molecule has 3 heterocycles. The van der Waals surface area contributed by atoms with Crippen molar-refractivity contribution in [1.82, 2.24) is 19.7 Å². The number of amides is 1. The quantitative estimate of drug-likeness (QED) is 0.292. The molecule has 0 bridgehead atoms. The fourth-order valence-corrected chi connectivity index (χ4v) is 4.03. The van der Waals surface area contributed by atoms with Crippen LogP contribution in [0.15, 0.2) is 65.2 Å².